The van der Waals surface area contributed by atoms with Crippen LogP contribution in [0.5, 0.6) is 17.2 Å². The topological polar surface area (TPSA) is 66.9 Å². The average molecular weight is 303 g/mol. The maximum absolute atomic E-state index is 11.6. The molecular weight excluding hydrogens is 286 g/mol. The van der Waals surface area contributed by atoms with E-state index < -0.39 is 5.97 Å². The van der Waals surface area contributed by atoms with Crippen LogP contribution in [0.4, 0.5) is 0 Å². The van der Waals surface area contributed by atoms with E-state index in [1.807, 2.05) is 6.07 Å². The van der Waals surface area contributed by atoms with Gasteiger partial charge in [-0.25, -0.2) is 4.79 Å². The Labute approximate surface area is 128 Å². The first-order chi connectivity index (χ1) is 10.7. The highest BCUT2D eigenvalue weighted by Gasteiger charge is 2.18. The molecular formula is C16H17NO5. The van der Waals surface area contributed by atoms with Crippen LogP contribution in [-0.4, -0.2) is 39.4 Å². The number of methoxy groups -OCH3 is 4. The fourth-order valence-corrected chi connectivity index (χ4v) is 2.15. The minimum Gasteiger partial charge on any atom is -0.493 e. The van der Waals surface area contributed by atoms with E-state index in [1.54, 1.807) is 32.5 Å². The predicted octanol–water partition coefficient (Wildman–Crippen LogP) is 2.56. The van der Waals surface area contributed by atoms with Crippen LogP contribution in [-0.2, 0) is 4.74 Å². The third kappa shape index (κ3) is 2.81. The lowest BCUT2D eigenvalue weighted by Gasteiger charge is -2.16. The van der Waals surface area contributed by atoms with Crippen LogP contribution < -0.4 is 14.2 Å². The predicted molar refractivity (Wildman–Crippen MR) is 80.7 cm³/mol. The third-order valence-electron chi connectivity index (χ3n) is 3.17. The quantitative estimate of drug-likeness (QED) is 0.791. The van der Waals surface area contributed by atoms with Gasteiger partial charge in [-0.3, -0.25) is 4.98 Å². The maximum Gasteiger partial charge on any atom is 0.339 e. The number of pyridine rings is 1. The maximum atomic E-state index is 11.6. The van der Waals surface area contributed by atoms with Gasteiger partial charge >= 0.3 is 5.97 Å². The molecule has 1 aromatic heterocycles. The van der Waals surface area contributed by atoms with Gasteiger partial charge in [0.2, 0.25) is 5.75 Å². The minimum atomic E-state index is -0.450. The first-order valence-electron chi connectivity index (χ1n) is 6.49. The molecule has 0 aliphatic heterocycles. The van der Waals surface area contributed by atoms with Crippen molar-refractivity contribution in [2.75, 3.05) is 28.4 Å². The van der Waals surface area contributed by atoms with Crippen LogP contribution >= 0.6 is 0 Å². The fraction of sp³-hybridized carbons (Fsp3) is 0.250. The molecule has 1 heterocycles. The fourth-order valence-electron chi connectivity index (χ4n) is 2.15. The van der Waals surface area contributed by atoms with E-state index in [0.717, 1.165) is 5.56 Å². The molecule has 0 unspecified atom stereocenters. The summed E-state index contributed by atoms with van der Waals surface area (Å²) < 4.78 is 20.8. The van der Waals surface area contributed by atoms with Crippen molar-refractivity contribution in [3.05, 3.63) is 36.2 Å². The van der Waals surface area contributed by atoms with E-state index in [9.17, 15) is 4.79 Å². The van der Waals surface area contributed by atoms with Crippen LogP contribution in [0.1, 0.15) is 10.4 Å². The standard InChI is InChI=1S/C16H17NO5/c1-19-13-6-5-12(14(20-2)15(13)21-3)10-7-11(9-17-8-10)16(18)22-4/h5-9H,1-4H3. The zero-order valence-electron chi connectivity index (χ0n) is 12.9. The van der Waals surface area contributed by atoms with E-state index >= 15 is 0 Å². The molecule has 0 aliphatic rings. The Morgan fingerprint density at radius 3 is 2.27 bits per heavy atom. The van der Waals surface area contributed by atoms with Crippen molar-refractivity contribution in [1.82, 2.24) is 4.98 Å². The lowest BCUT2D eigenvalue weighted by atomic mass is 10.0. The van der Waals surface area contributed by atoms with Gasteiger partial charge in [0.25, 0.3) is 0 Å². The van der Waals surface area contributed by atoms with Gasteiger partial charge in [0.1, 0.15) is 0 Å². The summed E-state index contributed by atoms with van der Waals surface area (Å²) in [6.07, 6.45) is 3.08. The minimum absolute atomic E-state index is 0.358. The van der Waals surface area contributed by atoms with Crippen LogP contribution in [0.3, 0.4) is 0 Å². The first-order valence-corrected chi connectivity index (χ1v) is 6.49. The van der Waals surface area contributed by atoms with Crippen molar-refractivity contribution >= 4 is 5.97 Å². The van der Waals surface area contributed by atoms with Crippen molar-refractivity contribution in [1.29, 1.82) is 0 Å². The van der Waals surface area contributed by atoms with E-state index in [2.05, 4.69) is 4.98 Å². The average Bonchev–Trinajstić information content (AvgIpc) is 2.59. The van der Waals surface area contributed by atoms with Crippen LogP contribution in [0.25, 0.3) is 11.1 Å². The molecule has 0 saturated carbocycles. The molecule has 0 atom stereocenters. The van der Waals surface area contributed by atoms with E-state index in [-0.39, 0.29) is 0 Å². The second-order valence-electron chi connectivity index (χ2n) is 4.34. The highest BCUT2D eigenvalue weighted by Crippen LogP contribution is 2.44. The largest absolute Gasteiger partial charge is 0.493 e. The molecule has 0 N–H and O–H groups in total. The summed E-state index contributed by atoms with van der Waals surface area (Å²) in [5.74, 6) is 1.09. The molecule has 1 aromatic carbocycles. The third-order valence-corrected chi connectivity index (χ3v) is 3.17. The van der Waals surface area contributed by atoms with Crippen LogP contribution in [0, 0.1) is 0 Å². The van der Waals surface area contributed by atoms with E-state index in [0.29, 0.717) is 28.4 Å². The number of ether oxygens (including phenoxy) is 4. The Kier molecular flexibility index (Phi) is 4.83. The Balaban J connectivity index is 2.60. The summed E-state index contributed by atoms with van der Waals surface area (Å²) in [4.78, 5) is 15.7. The number of hydrogen-bond donors (Lipinski definition) is 0. The molecule has 0 aliphatic carbocycles. The normalized spacial score (nSPS) is 10.0. The number of hydrogen-bond acceptors (Lipinski definition) is 6. The van der Waals surface area contributed by atoms with Gasteiger partial charge < -0.3 is 18.9 Å². The van der Waals surface area contributed by atoms with Crippen molar-refractivity contribution in [2.45, 2.75) is 0 Å². The molecule has 0 bridgehead atoms. The van der Waals surface area contributed by atoms with E-state index in [4.69, 9.17) is 18.9 Å². The lowest BCUT2D eigenvalue weighted by molar-refractivity contribution is 0.0600. The molecule has 0 fully saturated rings. The molecule has 0 radical (unpaired) electrons. The molecule has 22 heavy (non-hydrogen) atoms. The molecule has 6 nitrogen and oxygen atoms in total. The van der Waals surface area contributed by atoms with Crippen LogP contribution in [0.15, 0.2) is 30.6 Å². The number of carbonyl (C=O) groups excluding carboxylic acids is 1. The summed E-state index contributed by atoms with van der Waals surface area (Å²) in [6.45, 7) is 0. The Morgan fingerprint density at radius 2 is 1.68 bits per heavy atom. The van der Waals surface area contributed by atoms with Crippen LogP contribution in [0.2, 0.25) is 0 Å². The highest BCUT2D eigenvalue weighted by atomic mass is 16.5. The molecule has 6 heteroatoms. The van der Waals surface area contributed by atoms with Crippen molar-refractivity contribution < 1.29 is 23.7 Å². The zero-order valence-corrected chi connectivity index (χ0v) is 12.9. The number of esters is 1. The van der Waals surface area contributed by atoms with Gasteiger partial charge in [0, 0.05) is 23.5 Å². The number of aromatic nitrogens is 1. The van der Waals surface area contributed by atoms with Crippen molar-refractivity contribution in [3.63, 3.8) is 0 Å². The summed E-state index contributed by atoms with van der Waals surface area (Å²) in [5, 5.41) is 0. The van der Waals surface area contributed by atoms with Crippen molar-refractivity contribution in [2.24, 2.45) is 0 Å². The Bertz CT molecular complexity index is 684. The number of benzene rings is 1. The van der Waals surface area contributed by atoms with Gasteiger partial charge in [-0.1, -0.05) is 0 Å². The molecule has 0 saturated heterocycles. The number of rotatable bonds is 5. The summed E-state index contributed by atoms with van der Waals surface area (Å²) in [5.41, 5.74) is 1.80. The molecule has 2 aromatic rings. The lowest BCUT2D eigenvalue weighted by Crippen LogP contribution is -2.02. The second-order valence-corrected chi connectivity index (χ2v) is 4.34. The smallest absolute Gasteiger partial charge is 0.339 e. The summed E-state index contributed by atoms with van der Waals surface area (Å²) in [6, 6.07) is 5.27. The second kappa shape index (κ2) is 6.80. The Morgan fingerprint density at radius 1 is 0.955 bits per heavy atom. The molecule has 0 amide bonds. The SMILES string of the molecule is COC(=O)c1cncc(-c2ccc(OC)c(OC)c2OC)c1. The summed E-state index contributed by atoms with van der Waals surface area (Å²) >= 11 is 0. The Hall–Kier alpha value is -2.76. The molecule has 2 rings (SSSR count). The highest BCUT2D eigenvalue weighted by molar-refractivity contribution is 5.91. The summed E-state index contributed by atoms with van der Waals surface area (Å²) in [7, 11) is 5.95. The van der Waals surface area contributed by atoms with Gasteiger partial charge in [-0.15, -0.1) is 0 Å². The van der Waals surface area contributed by atoms with Gasteiger partial charge in [0.05, 0.1) is 34.0 Å². The zero-order chi connectivity index (χ0) is 16.1. The van der Waals surface area contributed by atoms with Gasteiger partial charge in [-0.05, 0) is 18.2 Å². The molecule has 0 spiro atoms. The monoisotopic (exact) mass is 303 g/mol. The van der Waals surface area contributed by atoms with Gasteiger partial charge in [0.15, 0.2) is 11.5 Å². The number of nitrogens with zero attached hydrogens (tertiary/aromatic N) is 1. The van der Waals surface area contributed by atoms with Crippen molar-refractivity contribution in [3.8, 4) is 28.4 Å². The van der Waals surface area contributed by atoms with Gasteiger partial charge in [-0.2, -0.15) is 0 Å². The number of carbonyl (C=O) groups is 1. The first kappa shape index (κ1) is 15.6. The molecule has 116 valence electrons. The van der Waals surface area contributed by atoms with E-state index in [1.165, 1.54) is 20.4 Å².